The summed E-state index contributed by atoms with van der Waals surface area (Å²) in [6, 6.07) is 17.8. The molecule has 0 atom stereocenters. The van der Waals surface area contributed by atoms with Crippen molar-refractivity contribution < 1.29 is 19.0 Å². The van der Waals surface area contributed by atoms with Crippen LogP contribution in [0.3, 0.4) is 0 Å². The first-order chi connectivity index (χ1) is 16.6. The topological polar surface area (TPSA) is 72.4 Å². The molecule has 7 nitrogen and oxygen atoms in total. The highest BCUT2D eigenvalue weighted by Gasteiger charge is 2.15. The fourth-order valence-electron chi connectivity index (χ4n) is 3.81. The van der Waals surface area contributed by atoms with Gasteiger partial charge in [0.25, 0.3) is 5.91 Å². The number of halogens is 1. The molecule has 0 aliphatic carbocycles. The number of ether oxygens (including phenoxy) is 3. The summed E-state index contributed by atoms with van der Waals surface area (Å²) in [5.41, 5.74) is 4.31. The highest BCUT2D eigenvalue weighted by atomic mass is 35.5. The summed E-state index contributed by atoms with van der Waals surface area (Å²) in [5, 5.41) is 6.77. The second kappa shape index (κ2) is 11.8. The Morgan fingerprint density at radius 3 is 2.76 bits per heavy atom. The van der Waals surface area contributed by atoms with Crippen molar-refractivity contribution >= 4 is 34.5 Å². The molecule has 0 unspecified atom stereocenters. The molecule has 3 aromatic carbocycles. The van der Waals surface area contributed by atoms with Gasteiger partial charge in [-0.1, -0.05) is 54.1 Å². The van der Waals surface area contributed by atoms with E-state index in [2.05, 4.69) is 28.7 Å². The van der Waals surface area contributed by atoms with Gasteiger partial charge in [-0.05, 0) is 41.0 Å². The molecule has 0 spiro atoms. The van der Waals surface area contributed by atoms with E-state index in [1.807, 2.05) is 36.1 Å². The van der Waals surface area contributed by atoms with Crippen molar-refractivity contribution in [1.29, 1.82) is 0 Å². The number of carbonyl (C=O) groups excluding carboxylic acids is 1. The van der Waals surface area contributed by atoms with E-state index in [0.29, 0.717) is 48.5 Å². The molecule has 1 aliphatic rings. The Balaban J connectivity index is 1.43. The van der Waals surface area contributed by atoms with Crippen molar-refractivity contribution in [3.8, 4) is 11.5 Å². The van der Waals surface area contributed by atoms with Crippen LogP contribution in [0, 0.1) is 0 Å². The van der Waals surface area contributed by atoms with Crippen LogP contribution in [0.2, 0.25) is 5.02 Å². The summed E-state index contributed by atoms with van der Waals surface area (Å²) in [6.45, 7) is 5.76. The summed E-state index contributed by atoms with van der Waals surface area (Å²) in [4.78, 5) is 14.2. The molecule has 3 aromatic rings. The van der Waals surface area contributed by atoms with Crippen LogP contribution in [0.1, 0.15) is 18.1 Å². The number of hydrogen-bond acceptors (Lipinski definition) is 6. The highest BCUT2D eigenvalue weighted by Crippen LogP contribution is 2.37. The molecule has 0 aromatic heterocycles. The lowest BCUT2D eigenvalue weighted by molar-refractivity contribution is -0.123. The van der Waals surface area contributed by atoms with Crippen molar-refractivity contribution in [2.45, 2.75) is 13.5 Å². The molecule has 34 heavy (non-hydrogen) atoms. The van der Waals surface area contributed by atoms with Crippen molar-refractivity contribution in [2.24, 2.45) is 5.10 Å². The van der Waals surface area contributed by atoms with E-state index in [0.717, 1.165) is 29.4 Å². The SMILES string of the molecule is CCOc1cc(/C=N/NC(=O)CN2CCOCC2)cc(Cl)c1OCc1cccc2ccccc12. The van der Waals surface area contributed by atoms with Gasteiger partial charge in [-0.25, -0.2) is 5.43 Å². The number of hydrogen-bond donors (Lipinski definition) is 1. The predicted octanol–water partition coefficient (Wildman–Crippen LogP) is 4.25. The first kappa shape index (κ1) is 24.0. The van der Waals surface area contributed by atoms with Gasteiger partial charge in [-0.2, -0.15) is 5.10 Å². The van der Waals surface area contributed by atoms with Crippen molar-refractivity contribution in [3.05, 3.63) is 70.7 Å². The quantitative estimate of drug-likeness (QED) is 0.365. The number of hydrazone groups is 1. The van der Waals surface area contributed by atoms with Crippen LogP contribution in [-0.2, 0) is 16.1 Å². The maximum Gasteiger partial charge on any atom is 0.254 e. The second-order valence-corrected chi connectivity index (χ2v) is 8.28. The van der Waals surface area contributed by atoms with Gasteiger partial charge in [-0.3, -0.25) is 9.69 Å². The molecule has 1 saturated heterocycles. The number of fused-ring (bicyclic) bond motifs is 1. The molecule has 0 saturated carbocycles. The van der Waals surface area contributed by atoms with Gasteiger partial charge in [0.05, 0.1) is 37.6 Å². The van der Waals surface area contributed by atoms with Gasteiger partial charge < -0.3 is 14.2 Å². The molecule has 0 radical (unpaired) electrons. The fraction of sp³-hybridized carbons (Fsp3) is 0.308. The summed E-state index contributed by atoms with van der Waals surface area (Å²) in [6.07, 6.45) is 1.54. The number of rotatable bonds is 9. The van der Waals surface area contributed by atoms with Crippen LogP contribution >= 0.6 is 11.6 Å². The van der Waals surface area contributed by atoms with Gasteiger partial charge in [0, 0.05) is 13.1 Å². The summed E-state index contributed by atoms with van der Waals surface area (Å²) >= 11 is 6.55. The Morgan fingerprint density at radius 1 is 1.15 bits per heavy atom. The van der Waals surface area contributed by atoms with Crippen LogP contribution in [0.5, 0.6) is 11.5 Å². The van der Waals surface area contributed by atoms with Gasteiger partial charge in [0.2, 0.25) is 0 Å². The molecule has 0 bridgehead atoms. The Labute approximate surface area is 204 Å². The van der Waals surface area contributed by atoms with E-state index in [1.54, 1.807) is 18.3 Å². The van der Waals surface area contributed by atoms with E-state index in [9.17, 15) is 4.79 Å². The third-order valence-electron chi connectivity index (χ3n) is 5.46. The molecule has 1 fully saturated rings. The minimum atomic E-state index is -0.177. The Morgan fingerprint density at radius 2 is 1.94 bits per heavy atom. The summed E-state index contributed by atoms with van der Waals surface area (Å²) in [5.74, 6) is 0.825. The highest BCUT2D eigenvalue weighted by molar-refractivity contribution is 6.32. The maximum atomic E-state index is 12.1. The smallest absolute Gasteiger partial charge is 0.254 e. The van der Waals surface area contributed by atoms with Gasteiger partial charge >= 0.3 is 0 Å². The number of amides is 1. The zero-order valence-electron chi connectivity index (χ0n) is 19.1. The summed E-state index contributed by atoms with van der Waals surface area (Å²) < 4.78 is 17.2. The zero-order chi connectivity index (χ0) is 23.8. The third-order valence-corrected chi connectivity index (χ3v) is 5.74. The zero-order valence-corrected chi connectivity index (χ0v) is 19.9. The number of nitrogens with one attached hydrogen (secondary N) is 1. The number of morpholine rings is 1. The van der Waals surface area contributed by atoms with Crippen LogP contribution in [0.15, 0.2) is 59.7 Å². The van der Waals surface area contributed by atoms with E-state index in [4.69, 9.17) is 25.8 Å². The van der Waals surface area contributed by atoms with Gasteiger partial charge in [0.1, 0.15) is 6.61 Å². The molecule has 1 amide bonds. The fourth-order valence-corrected chi connectivity index (χ4v) is 4.08. The van der Waals surface area contributed by atoms with Crippen LogP contribution in [-0.4, -0.2) is 56.5 Å². The van der Waals surface area contributed by atoms with E-state index >= 15 is 0 Å². The normalized spacial score (nSPS) is 14.4. The average molecular weight is 482 g/mol. The molecule has 178 valence electrons. The van der Waals surface area contributed by atoms with Crippen molar-refractivity contribution in [2.75, 3.05) is 39.5 Å². The van der Waals surface area contributed by atoms with E-state index < -0.39 is 0 Å². The first-order valence-electron chi connectivity index (χ1n) is 11.3. The number of carbonyl (C=O) groups is 1. The van der Waals surface area contributed by atoms with Crippen LogP contribution < -0.4 is 14.9 Å². The van der Waals surface area contributed by atoms with Crippen LogP contribution in [0.25, 0.3) is 10.8 Å². The monoisotopic (exact) mass is 481 g/mol. The third kappa shape index (κ3) is 6.26. The Hall–Kier alpha value is -3.13. The molecule has 1 heterocycles. The molecular weight excluding hydrogens is 454 g/mol. The van der Waals surface area contributed by atoms with Crippen molar-refractivity contribution in [1.82, 2.24) is 10.3 Å². The maximum absolute atomic E-state index is 12.1. The number of nitrogens with zero attached hydrogens (tertiary/aromatic N) is 2. The van der Waals surface area contributed by atoms with Gasteiger partial charge in [0.15, 0.2) is 11.5 Å². The molecule has 8 heteroatoms. The van der Waals surface area contributed by atoms with Crippen LogP contribution in [0.4, 0.5) is 0 Å². The predicted molar refractivity (Wildman–Crippen MR) is 134 cm³/mol. The minimum Gasteiger partial charge on any atom is -0.490 e. The Bertz CT molecular complexity index is 1160. The van der Waals surface area contributed by atoms with Crippen molar-refractivity contribution in [3.63, 3.8) is 0 Å². The second-order valence-electron chi connectivity index (χ2n) is 7.87. The lowest BCUT2D eigenvalue weighted by atomic mass is 10.1. The largest absolute Gasteiger partial charge is 0.490 e. The molecule has 4 rings (SSSR count). The Kier molecular flexibility index (Phi) is 8.36. The molecule has 1 aliphatic heterocycles. The minimum absolute atomic E-state index is 0.177. The van der Waals surface area contributed by atoms with E-state index in [1.165, 1.54) is 0 Å². The standard InChI is InChI=1S/C26H28ClN3O4/c1-2-33-24-15-19(16-28-29-25(31)17-30-10-12-32-13-11-30)14-23(27)26(24)34-18-21-8-5-7-20-6-3-4-9-22(20)21/h3-9,14-16H,2,10-13,17-18H2,1H3,(H,29,31)/b28-16+. The summed E-state index contributed by atoms with van der Waals surface area (Å²) in [7, 11) is 0. The average Bonchev–Trinajstić information content (AvgIpc) is 2.84. The first-order valence-corrected chi connectivity index (χ1v) is 11.7. The molecular formula is C26H28ClN3O4. The lowest BCUT2D eigenvalue weighted by Gasteiger charge is -2.25. The van der Waals surface area contributed by atoms with Gasteiger partial charge in [-0.15, -0.1) is 0 Å². The van der Waals surface area contributed by atoms with E-state index in [-0.39, 0.29) is 12.5 Å². The lowest BCUT2D eigenvalue weighted by Crippen LogP contribution is -2.42. The number of benzene rings is 3. The molecule has 1 N–H and O–H groups in total.